The number of hydrogen-bond acceptors (Lipinski definition) is 4. The smallest absolute Gasteiger partial charge is 0.277 e. The summed E-state index contributed by atoms with van der Waals surface area (Å²) in [5, 5.41) is 7.32. The van der Waals surface area contributed by atoms with Gasteiger partial charge in [0.2, 0.25) is 0 Å². The van der Waals surface area contributed by atoms with Crippen LogP contribution in [-0.4, -0.2) is 33.1 Å². The highest BCUT2D eigenvalue weighted by Gasteiger charge is 2.35. The number of hydrogen-bond donors (Lipinski definition) is 1. The first-order valence-corrected chi connectivity index (χ1v) is 8.88. The summed E-state index contributed by atoms with van der Waals surface area (Å²) in [5.41, 5.74) is 1.15. The fourth-order valence-electron chi connectivity index (χ4n) is 3.15. The maximum Gasteiger partial charge on any atom is 0.277 e. The lowest BCUT2D eigenvalue weighted by Gasteiger charge is -2.32. The van der Waals surface area contributed by atoms with Crippen molar-refractivity contribution in [3.05, 3.63) is 71.0 Å². The summed E-state index contributed by atoms with van der Waals surface area (Å²) in [6.45, 7) is 2.31. The van der Waals surface area contributed by atoms with Crippen molar-refractivity contribution in [3.63, 3.8) is 0 Å². The molecule has 0 aliphatic carbocycles. The number of pyridine rings is 1. The Morgan fingerprint density at radius 2 is 1.97 bits per heavy atom. The SMILES string of the molecule is C[C@H]1CN(c2ccc(Cl)cc2)C(=O)c2c(C(=O)Nc3cncc(F)c3)cnn21.S. The first-order chi connectivity index (χ1) is 13.4. The Bertz CT molecular complexity index is 1070. The molecule has 4 rings (SSSR count). The highest BCUT2D eigenvalue weighted by atomic mass is 35.5. The number of fused-ring (bicyclic) bond motifs is 1. The summed E-state index contributed by atoms with van der Waals surface area (Å²) < 4.78 is 14.8. The maximum atomic E-state index is 13.3. The van der Waals surface area contributed by atoms with Gasteiger partial charge < -0.3 is 10.2 Å². The van der Waals surface area contributed by atoms with Gasteiger partial charge in [-0.15, -0.1) is 0 Å². The molecule has 0 bridgehead atoms. The number of carbonyl (C=O) groups excluding carboxylic acids is 2. The van der Waals surface area contributed by atoms with Gasteiger partial charge in [-0.3, -0.25) is 19.3 Å². The predicted octanol–water partition coefficient (Wildman–Crippen LogP) is 3.66. The van der Waals surface area contributed by atoms with Crippen molar-refractivity contribution < 1.29 is 14.0 Å². The Balaban J connectivity index is 0.00000240. The second-order valence-electron chi connectivity index (χ2n) is 6.44. The van der Waals surface area contributed by atoms with Crippen LogP contribution in [0.1, 0.15) is 33.8 Å². The Labute approximate surface area is 177 Å². The summed E-state index contributed by atoms with van der Waals surface area (Å²) in [6.07, 6.45) is 3.70. The number of rotatable bonds is 3. The molecule has 3 heterocycles. The molecule has 1 atom stereocenters. The third-order valence-corrected chi connectivity index (χ3v) is 4.71. The zero-order chi connectivity index (χ0) is 19.8. The second kappa shape index (κ2) is 8.22. The molecule has 0 spiro atoms. The lowest BCUT2D eigenvalue weighted by molar-refractivity contribution is 0.0939. The van der Waals surface area contributed by atoms with Crippen molar-refractivity contribution in [2.24, 2.45) is 0 Å². The standard InChI is InChI=1S/C19H15ClFN5O2.H2S/c1-11-10-25(15-4-2-12(20)3-5-15)19(28)17-16(9-23-26(11)17)18(27)24-14-6-13(21)7-22-8-14;/h2-9,11H,10H2,1H3,(H,24,27);1H2/t11-;/m0./s1. The topological polar surface area (TPSA) is 80.1 Å². The van der Waals surface area contributed by atoms with E-state index >= 15 is 0 Å². The minimum atomic E-state index is -0.576. The highest BCUT2D eigenvalue weighted by Crippen LogP contribution is 2.29. The molecule has 1 N–H and O–H groups in total. The molecule has 3 aromatic rings. The van der Waals surface area contributed by atoms with Crippen LogP contribution in [0.2, 0.25) is 5.02 Å². The zero-order valence-corrected chi connectivity index (χ0v) is 17.0. The van der Waals surface area contributed by atoms with Crippen molar-refractivity contribution >= 4 is 48.3 Å². The van der Waals surface area contributed by atoms with Gasteiger partial charge in [-0.05, 0) is 31.2 Å². The van der Waals surface area contributed by atoms with Gasteiger partial charge in [0.05, 0.1) is 35.9 Å². The second-order valence-corrected chi connectivity index (χ2v) is 6.88. The average molecular weight is 434 g/mol. The van der Waals surface area contributed by atoms with Crippen molar-refractivity contribution in [2.45, 2.75) is 13.0 Å². The lowest BCUT2D eigenvalue weighted by atomic mass is 10.1. The number of nitrogens with one attached hydrogen (secondary N) is 1. The normalized spacial score (nSPS) is 15.5. The number of aromatic nitrogens is 3. The zero-order valence-electron chi connectivity index (χ0n) is 15.3. The summed E-state index contributed by atoms with van der Waals surface area (Å²) in [5.74, 6) is -1.49. The average Bonchev–Trinajstić information content (AvgIpc) is 3.12. The fourth-order valence-corrected chi connectivity index (χ4v) is 3.28. The quantitative estimate of drug-likeness (QED) is 0.683. The predicted molar refractivity (Wildman–Crippen MR) is 113 cm³/mol. The number of nitrogens with zero attached hydrogens (tertiary/aromatic N) is 4. The first-order valence-electron chi connectivity index (χ1n) is 8.51. The minimum Gasteiger partial charge on any atom is -0.320 e. The number of anilines is 2. The van der Waals surface area contributed by atoms with E-state index in [1.54, 1.807) is 29.2 Å². The summed E-state index contributed by atoms with van der Waals surface area (Å²) in [4.78, 5) is 31.1. The molecule has 0 saturated heterocycles. The molecule has 0 radical (unpaired) electrons. The van der Waals surface area contributed by atoms with Crippen molar-refractivity contribution in [1.82, 2.24) is 14.8 Å². The van der Waals surface area contributed by atoms with Gasteiger partial charge in [0.1, 0.15) is 11.5 Å². The van der Waals surface area contributed by atoms with Crippen LogP contribution in [0.25, 0.3) is 0 Å². The van der Waals surface area contributed by atoms with Gasteiger partial charge in [0.15, 0.2) is 0 Å². The number of carbonyl (C=O) groups is 2. The van der Waals surface area contributed by atoms with Crippen molar-refractivity contribution in [2.75, 3.05) is 16.8 Å². The maximum absolute atomic E-state index is 13.3. The van der Waals surface area contributed by atoms with Gasteiger partial charge in [-0.1, -0.05) is 11.6 Å². The molecular formula is C19H17ClFN5O2S. The van der Waals surface area contributed by atoms with Crippen LogP contribution in [0.15, 0.2) is 48.9 Å². The third kappa shape index (κ3) is 3.96. The van der Waals surface area contributed by atoms with Gasteiger partial charge in [-0.25, -0.2) is 4.39 Å². The van der Waals surface area contributed by atoms with Crippen LogP contribution in [0.5, 0.6) is 0 Å². The van der Waals surface area contributed by atoms with Crippen LogP contribution in [0.3, 0.4) is 0 Å². The van der Waals surface area contributed by atoms with Crippen LogP contribution in [0, 0.1) is 5.82 Å². The van der Waals surface area contributed by atoms with Crippen LogP contribution in [0.4, 0.5) is 15.8 Å². The van der Waals surface area contributed by atoms with Crippen LogP contribution >= 0.6 is 25.1 Å². The molecule has 7 nitrogen and oxygen atoms in total. The Hall–Kier alpha value is -2.91. The molecule has 150 valence electrons. The molecule has 2 amide bonds. The van der Waals surface area contributed by atoms with E-state index in [0.717, 1.165) is 12.3 Å². The minimum absolute atomic E-state index is 0. The summed E-state index contributed by atoms with van der Waals surface area (Å²) in [6, 6.07) is 7.90. The Kier molecular flexibility index (Phi) is 5.90. The monoisotopic (exact) mass is 433 g/mol. The molecule has 1 aromatic carbocycles. The van der Waals surface area contributed by atoms with Gasteiger partial charge in [0.25, 0.3) is 11.8 Å². The molecule has 0 saturated carbocycles. The molecule has 29 heavy (non-hydrogen) atoms. The molecule has 10 heteroatoms. The Morgan fingerprint density at radius 3 is 2.66 bits per heavy atom. The van der Waals surface area contributed by atoms with Crippen molar-refractivity contribution in [3.8, 4) is 0 Å². The summed E-state index contributed by atoms with van der Waals surface area (Å²) >= 11 is 5.93. The van der Waals surface area contributed by atoms with Gasteiger partial charge in [0, 0.05) is 23.3 Å². The van der Waals surface area contributed by atoms with Crippen LogP contribution < -0.4 is 10.2 Å². The van der Waals surface area contributed by atoms with E-state index in [1.807, 2.05) is 6.92 Å². The van der Waals surface area contributed by atoms with E-state index in [0.29, 0.717) is 17.3 Å². The van der Waals surface area contributed by atoms with E-state index in [9.17, 15) is 14.0 Å². The van der Waals surface area contributed by atoms with E-state index in [1.165, 1.54) is 17.1 Å². The van der Waals surface area contributed by atoms with Crippen molar-refractivity contribution in [1.29, 1.82) is 0 Å². The molecule has 0 fully saturated rings. The van der Waals surface area contributed by atoms with Gasteiger partial charge in [-0.2, -0.15) is 18.6 Å². The largest absolute Gasteiger partial charge is 0.320 e. The first kappa shape index (κ1) is 20.8. The van der Waals surface area contributed by atoms with E-state index in [2.05, 4.69) is 15.4 Å². The van der Waals surface area contributed by atoms with Gasteiger partial charge >= 0.3 is 0 Å². The van der Waals surface area contributed by atoms with Crippen LogP contribution in [-0.2, 0) is 0 Å². The lowest BCUT2D eigenvalue weighted by Crippen LogP contribution is -2.43. The third-order valence-electron chi connectivity index (χ3n) is 4.45. The molecular weight excluding hydrogens is 417 g/mol. The van der Waals surface area contributed by atoms with E-state index in [-0.39, 0.29) is 42.4 Å². The highest BCUT2D eigenvalue weighted by molar-refractivity contribution is 7.59. The molecule has 2 aromatic heterocycles. The molecule has 1 aliphatic heterocycles. The summed E-state index contributed by atoms with van der Waals surface area (Å²) in [7, 11) is 0. The number of halogens is 2. The number of amides is 2. The molecule has 0 unspecified atom stereocenters. The number of benzene rings is 1. The Morgan fingerprint density at radius 1 is 1.24 bits per heavy atom. The van der Waals surface area contributed by atoms with E-state index in [4.69, 9.17) is 11.6 Å². The fraction of sp³-hybridized carbons (Fsp3) is 0.158. The van der Waals surface area contributed by atoms with E-state index < -0.39 is 11.7 Å². The molecule has 1 aliphatic rings.